The molecule has 104 valence electrons. The van der Waals surface area contributed by atoms with Crippen molar-refractivity contribution in [1.82, 2.24) is 0 Å². The molecule has 0 amide bonds. The lowest BCUT2D eigenvalue weighted by atomic mass is 9.97. The van der Waals surface area contributed by atoms with Crippen molar-refractivity contribution < 1.29 is 4.74 Å². The molecule has 2 atom stereocenters. The van der Waals surface area contributed by atoms with Crippen LogP contribution in [0.15, 0.2) is 24.3 Å². The molecule has 0 radical (unpaired) electrons. The van der Waals surface area contributed by atoms with Gasteiger partial charge in [-0.1, -0.05) is 27.2 Å². The first-order chi connectivity index (χ1) is 9.19. The van der Waals surface area contributed by atoms with Crippen LogP contribution in [0.2, 0.25) is 0 Å². The highest BCUT2D eigenvalue weighted by atomic mass is 16.5. The normalized spacial score (nSPS) is 13.4. The molecule has 1 aromatic rings. The van der Waals surface area contributed by atoms with E-state index in [4.69, 9.17) is 10.00 Å². The number of hydrogen-bond donors (Lipinski definition) is 1. The summed E-state index contributed by atoms with van der Waals surface area (Å²) in [6.45, 7) is 6.84. The highest BCUT2D eigenvalue weighted by Gasteiger charge is 2.10. The van der Waals surface area contributed by atoms with Crippen molar-refractivity contribution in [3.8, 4) is 11.8 Å². The van der Waals surface area contributed by atoms with Gasteiger partial charge in [-0.25, -0.2) is 0 Å². The zero-order chi connectivity index (χ0) is 14.1. The largest absolute Gasteiger partial charge is 0.479 e. The summed E-state index contributed by atoms with van der Waals surface area (Å²) in [6, 6.07) is 10.3. The zero-order valence-corrected chi connectivity index (χ0v) is 12.1. The van der Waals surface area contributed by atoms with Gasteiger partial charge in [-0.2, -0.15) is 5.26 Å². The Hall–Kier alpha value is -1.69. The number of rotatable bonds is 8. The molecular weight excluding hydrogens is 236 g/mol. The summed E-state index contributed by atoms with van der Waals surface area (Å²) in [5.74, 6) is 1.48. The van der Waals surface area contributed by atoms with E-state index in [9.17, 15) is 0 Å². The average molecular weight is 260 g/mol. The molecule has 0 saturated carbocycles. The first-order valence-electron chi connectivity index (χ1n) is 7.05. The Morgan fingerprint density at radius 3 is 2.42 bits per heavy atom. The van der Waals surface area contributed by atoms with Gasteiger partial charge in [0.2, 0.25) is 0 Å². The fourth-order valence-corrected chi connectivity index (χ4v) is 1.98. The molecule has 1 rings (SSSR count). The van der Waals surface area contributed by atoms with Crippen LogP contribution in [0.1, 0.15) is 40.0 Å². The van der Waals surface area contributed by atoms with Crippen LogP contribution in [0.4, 0.5) is 5.69 Å². The summed E-state index contributed by atoms with van der Waals surface area (Å²) < 4.78 is 5.23. The Labute approximate surface area is 116 Å². The van der Waals surface area contributed by atoms with Gasteiger partial charge in [0.25, 0.3) is 0 Å². The lowest BCUT2D eigenvalue weighted by molar-refractivity contribution is 0.368. The van der Waals surface area contributed by atoms with Crippen molar-refractivity contribution in [3.05, 3.63) is 24.3 Å². The predicted octanol–water partition coefficient (Wildman–Crippen LogP) is 4.22. The standard InChI is InChI=1S/C16H24N2O/c1-4-13(3)12-14(5-2)18-15-6-8-16(9-7-15)19-11-10-17/h6-9,13-14,18H,4-5,11-12H2,1-3H3. The number of nitriles is 1. The van der Waals surface area contributed by atoms with Crippen molar-refractivity contribution in [2.75, 3.05) is 11.9 Å². The molecule has 3 heteroatoms. The fourth-order valence-electron chi connectivity index (χ4n) is 1.98. The van der Waals surface area contributed by atoms with Gasteiger partial charge in [0.1, 0.15) is 11.8 Å². The Balaban J connectivity index is 2.53. The van der Waals surface area contributed by atoms with Crippen LogP contribution < -0.4 is 10.1 Å². The molecule has 0 spiro atoms. The average Bonchev–Trinajstić information content (AvgIpc) is 2.45. The Bertz CT molecular complexity index is 394. The van der Waals surface area contributed by atoms with E-state index in [-0.39, 0.29) is 6.61 Å². The van der Waals surface area contributed by atoms with Crippen molar-refractivity contribution in [2.45, 2.75) is 46.1 Å². The van der Waals surface area contributed by atoms with Gasteiger partial charge in [-0.3, -0.25) is 0 Å². The third-order valence-electron chi connectivity index (χ3n) is 3.41. The highest BCUT2D eigenvalue weighted by Crippen LogP contribution is 2.20. The third kappa shape index (κ3) is 5.65. The molecule has 0 fully saturated rings. The number of benzene rings is 1. The van der Waals surface area contributed by atoms with Crippen LogP contribution in [-0.2, 0) is 0 Å². The second-order valence-corrected chi connectivity index (χ2v) is 4.97. The van der Waals surface area contributed by atoms with E-state index >= 15 is 0 Å². The molecule has 0 aromatic heterocycles. The lowest BCUT2D eigenvalue weighted by Crippen LogP contribution is -2.21. The van der Waals surface area contributed by atoms with E-state index in [0.717, 1.165) is 23.8 Å². The summed E-state index contributed by atoms with van der Waals surface area (Å²) in [5.41, 5.74) is 1.11. The van der Waals surface area contributed by atoms with Crippen molar-refractivity contribution in [3.63, 3.8) is 0 Å². The topological polar surface area (TPSA) is 45.0 Å². The molecule has 0 bridgehead atoms. The maximum Gasteiger partial charge on any atom is 0.174 e. The first kappa shape index (κ1) is 15.4. The fraction of sp³-hybridized carbons (Fsp3) is 0.562. The quantitative estimate of drug-likeness (QED) is 0.761. The number of ether oxygens (including phenoxy) is 1. The van der Waals surface area contributed by atoms with E-state index in [0.29, 0.717) is 6.04 Å². The zero-order valence-electron chi connectivity index (χ0n) is 12.1. The van der Waals surface area contributed by atoms with Gasteiger partial charge < -0.3 is 10.1 Å². The van der Waals surface area contributed by atoms with Crippen LogP contribution in [0.5, 0.6) is 5.75 Å². The van der Waals surface area contributed by atoms with Crippen molar-refractivity contribution >= 4 is 5.69 Å². The molecule has 0 aliphatic carbocycles. The van der Waals surface area contributed by atoms with E-state index in [1.54, 1.807) is 0 Å². The predicted molar refractivity (Wildman–Crippen MR) is 79.3 cm³/mol. The second kappa shape index (κ2) is 8.42. The third-order valence-corrected chi connectivity index (χ3v) is 3.41. The Morgan fingerprint density at radius 2 is 1.89 bits per heavy atom. The molecule has 0 aliphatic rings. The van der Waals surface area contributed by atoms with Gasteiger partial charge in [0.15, 0.2) is 6.61 Å². The Morgan fingerprint density at radius 1 is 1.21 bits per heavy atom. The minimum absolute atomic E-state index is 0.0956. The molecule has 19 heavy (non-hydrogen) atoms. The second-order valence-electron chi connectivity index (χ2n) is 4.97. The number of nitrogens with zero attached hydrogens (tertiary/aromatic N) is 1. The van der Waals surface area contributed by atoms with Gasteiger partial charge in [-0.05, 0) is 43.0 Å². The van der Waals surface area contributed by atoms with Gasteiger partial charge in [-0.15, -0.1) is 0 Å². The number of hydrogen-bond acceptors (Lipinski definition) is 3. The molecule has 3 nitrogen and oxygen atoms in total. The molecule has 0 aliphatic heterocycles. The summed E-state index contributed by atoms with van der Waals surface area (Å²) in [4.78, 5) is 0. The summed E-state index contributed by atoms with van der Waals surface area (Å²) in [6.07, 6.45) is 3.54. The minimum atomic E-state index is 0.0956. The van der Waals surface area contributed by atoms with Crippen LogP contribution in [0.25, 0.3) is 0 Å². The van der Waals surface area contributed by atoms with Crippen LogP contribution in [0.3, 0.4) is 0 Å². The summed E-state index contributed by atoms with van der Waals surface area (Å²) in [7, 11) is 0. The number of nitrogens with one attached hydrogen (secondary N) is 1. The minimum Gasteiger partial charge on any atom is -0.479 e. The van der Waals surface area contributed by atoms with Crippen molar-refractivity contribution in [1.29, 1.82) is 5.26 Å². The maximum absolute atomic E-state index is 8.45. The van der Waals surface area contributed by atoms with Gasteiger partial charge >= 0.3 is 0 Å². The molecule has 0 saturated heterocycles. The first-order valence-corrected chi connectivity index (χ1v) is 7.05. The smallest absolute Gasteiger partial charge is 0.174 e. The molecule has 1 N–H and O–H groups in total. The van der Waals surface area contributed by atoms with E-state index < -0.39 is 0 Å². The molecular formula is C16H24N2O. The van der Waals surface area contributed by atoms with E-state index in [1.807, 2.05) is 30.3 Å². The molecule has 2 unspecified atom stereocenters. The van der Waals surface area contributed by atoms with Crippen LogP contribution in [-0.4, -0.2) is 12.6 Å². The molecule has 1 aromatic carbocycles. The molecule has 0 heterocycles. The lowest BCUT2D eigenvalue weighted by Gasteiger charge is -2.21. The maximum atomic E-state index is 8.45. The number of anilines is 1. The van der Waals surface area contributed by atoms with Crippen molar-refractivity contribution in [2.24, 2.45) is 5.92 Å². The SMILES string of the molecule is CCC(C)CC(CC)Nc1ccc(OCC#N)cc1. The van der Waals surface area contributed by atoms with Gasteiger partial charge in [0, 0.05) is 11.7 Å². The van der Waals surface area contributed by atoms with Crippen LogP contribution >= 0.6 is 0 Å². The summed E-state index contributed by atoms with van der Waals surface area (Å²) in [5, 5.41) is 12.0. The highest BCUT2D eigenvalue weighted by molar-refractivity contribution is 5.47. The monoisotopic (exact) mass is 260 g/mol. The Kier molecular flexibility index (Phi) is 6.81. The van der Waals surface area contributed by atoms with E-state index in [1.165, 1.54) is 12.8 Å². The van der Waals surface area contributed by atoms with Crippen LogP contribution in [0, 0.1) is 17.2 Å². The summed E-state index contributed by atoms with van der Waals surface area (Å²) >= 11 is 0. The van der Waals surface area contributed by atoms with E-state index in [2.05, 4.69) is 26.1 Å². The van der Waals surface area contributed by atoms with Gasteiger partial charge in [0.05, 0.1) is 0 Å².